The van der Waals surface area contributed by atoms with E-state index in [1.807, 2.05) is 5.32 Å². The topological polar surface area (TPSA) is 116 Å². The number of nitrogens with one attached hydrogen (secondary N) is 1. The Hall–Kier alpha value is -3.28. The Morgan fingerprint density at radius 3 is 2.45 bits per heavy atom. The summed E-state index contributed by atoms with van der Waals surface area (Å²) in [6.45, 7) is 2.79. The highest BCUT2D eigenvalue weighted by molar-refractivity contribution is 7.85. The largest absolute Gasteiger partial charge is 0.449 e. The summed E-state index contributed by atoms with van der Waals surface area (Å²) in [6.07, 6.45) is -6.48. The molecule has 0 saturated heterocycles. The van der Waals surface area contributed by atoms with Gasteiger partial charge in [-0.25, -0.2) is 4.79 Å². The van der Waals surface area contributed by atoms with Crippen LogP contribution >= 0.6 is 0 Å². The van der Waals surface area contributed by atoms with E-state index < -0.39 is 56.8 Å². The Labute approximate surface area is 177 Å². The van der Waals surface area contributed by atoms with Gasteiger partial charge in [-0.1, -0.05) is 19.1 Å². The van der Waals surface area contributed by atoms with E-state index in [1.165, 1.54) is 18.2 Å². The maximum Gasteiger partial charge on any atom is 0.418 e. The van der Waals surface area contributed by atoms with Crippen molar-refractivity contribution in [1.82, 2.24) is 0 Å². The number of nitrogens with zero attached hydrogens (tertiary/aromatic N) is 1. The minimum Gasteiger partial charge on any atom is -0.449 e. The fourth-order valence-corrected chi connectivity index (χ4v) is 3.43. The third kappa shape index (κ3) is 5.87. The van der Waals surface area contributed by atoms with Gasteiger partial charge in [-0.2, -0.15) is 13.2 Å². The second-order valence-corrected chi connectivity index (χ2v) is 7.86. The molecule has 2 atom stereocenters. The molecule has 8 nitrogen and oxygen atoms in total. The molecule has 0 spiro atoms. The average Bonchev–Trinajstić information content (AvgIpc) is 2.72. The summed E-state index contributed by atoms with van der Waals surface area (Å²) in [6, 6.07) is 7.74. The first-order valence-corrected chi connectivity index (χ1v) is 10.1. The quantitative estimate of drug-likeness (QED) is 0.382. The van der Waals surface area contributed by atoms with Gasteiger partial charge in [0.15, 0.2) is 6.10 Å². The summed E-state index contributed by atoms with van der Waals surface area (Å²) in [7, 11) is -1.48. The first kappa shape index (κ1) is 24.0. The number of benzene rings is 2. The van der Waals surface area contributed by atoms with E-state index in [2.05, 4.69) is 0 Å². The Morgan fingerprint density at radius 2 is 1.87 bits per heavy atom. The number of anilines is 1. The Kier molecular flexibility index (Phi) is 7.50. The van der Waals surface area contributed by atoms with Gasteiger partial charge in [0.25, 0.3) is 11.6 Å². The second kappa shape index (κ2) is 9.69. The van der Waals surface area contributed by atoms with Gasteiger partial charge in [-0.3, -0.25) is 19.1 Å². The number of halogens is 3. The van der Waals surface area contributed by atoms with Crippen molar-refractivity contribution in [1.29, 1.82) is 0 Å². The maximum absolute atomic E-state index is 13.2. The molecule has 0 aliphatic heterocycles. The molecule has 1 amide bonds. The van der Waals surface area contributed by atoms with Crippen molar-refractivity contribution in [3.05, 3.63) is 63.7 Å². The molecule has 166 valence electrons. The zero-order valence-electron chi connectivity index (χ0n) is 16.3. The molecular weight excluding hydrogens is 441 g/mol. The molecule has 2 aromatic carbocycles. The predicted molar refractivity (Wildman–Crippen MR) is 105 cm³/mol. The molecule has 0 heterocycles. The summed E-state index contributed by atoms with van der Waals surface area (Å²) < 4.78 is 56.8. The summed E-state index contributed by atoms with van der Waals surface area (Å²) in [5.74, 6) is -1.82. The van der Waals surface area contributed by atoms with E-state index in [-0.39, 0.29) is 16.2 Å². The van der Waals surface area contributed by atoms with Crippen LogP contribution in [0, 0.1) is 10.1 Å². The minimum atomic E-state index is -4.97. The third-order valence-electron chi connectivity index (χ3n) is 4.04. The number of nitro benzene ring substituents is 1. The molecular formula is C19H17F3N2O6S. The number of rotatable bonds is 7. The number of esters is 1. The molecule has 0 bridgehead atoms. The molecule has 0 aliphatic rings. The number of hydrogen-bond acceptors (Lipinski definition) is 6. The molecule has 1 N–H and O–H groups in total. The van der Waals surface area contributed by atoms with Crippen LogP contribution in [0.25, 0.3) is 0 Å². The van der Waals surface area contributed by atoms with Crippen LogP contribution in [0.1, 0.15) is 29.8 Å². The normalized spacial score (nSPS) is 13.2. The van der Waals surface area contributed by atoms with E-state index in [1.54, 1.807) is 13.0 Å². The average molecular weight is 458 g/mol. The lowest BCUT2D eigenvalue weighted by Gasteiger charge is -2.17. The van der Waals surface area contributed by atoms with Gasteiger partial charge in [-0.15, -0.1) is 0 Å². The van der Waals surface area contributed by atoms with E-state index in [4.69, 9.17) is 4.74 Å². The molecule has 2 unspecified atom stereocenters. The van der Waals surface area contributed by atoms with Crippen LogP contribution < -0.4 is 5.32 Å². The molecule has 0 fully saturated rings. The van der Waals surface area contributed by atoms with E-state index in [0.717, 1.165) is 19.1 Å². The predicted octanol–water partition coefficient (Wildman–Crippen LogP) is 3.93. The molecule has 2 aromatic rings. The highest BCUT2D eigenvalue weighted by Crippen LogP contribution is 2.37. The Balaban J connectivity index is 2.21. The SMILES string of the molecule is CCS(=O)c1ccccc1C(=O)OC(C)C(=O)Nc1ccc([N+](=O)[O-])cc1C(F)(F)F. The fraction of sp³-hybridized carbons (Fsp3) is 0.263. The highest BCUT2D eigenvalue weighted by atomic mass is 32.2. The Bertz CT molecular complexity index is 1040. The first-order valence-electron chi connectivity index (χ1n) is 8.80. The molecule has 12 heteroatoms. The summed E-state index contributed by atoms with van der Waals surface area (Å²) in [4.78, 5) is 34.7. The lowest BCUT2D eigenvalue weighted by Crippen LogP contribution is -2.31. The van der Waals surface area contributed by atoms with Crippen molar-refractivity contribution in [2.45, 2.75) is 31.0 Å². The van der Waals surface area contributed by atoms with Crippen molar-refractivity contribution in [2.75, 3.05) is 11.1 Å². The van der Waals surface area contributed by atoms with E-state index in [0.29, 0.717) is 6.07 Å². The van der Waals surface area contributed by atoms with Gasteiger partial charge in [0.1, 0.15) is 0 Å². The summed E-state index contributed by atoms with van der Waals surface area (Å²) in [5.41, 5.74) is -2.98. The number of carbonyl (C=O) groups excluding carboxylic acids is 2. The number of non-ortho nitro benzene ring substituents is 1. The number of nitro groups is 1. The molecule has 2 rings (SSSR count). The van der Waals surface area contributed by atoms with Crippen molar-refractivity contribution < 1.29 is 36.6 Å². The first-order chi connectivity index (χ1) is 14.5. The zero-order valence-corrected chi connectivity index (χ0v) is 17.1. The van der Waals surface area contributed by atoms with Gasteiger partial charge < -0.3 is 10.1 Å². The lowest BCUT2D eigenvalue weighted by atomic mass is 10.1. The van der Waals surface area contributed by atoms with Crippen LogP contribution in [0.2, 0.25) is 0 Å². The van der Waals surface area contributed by atoms with Crippen LogP contribution in [0.5, 0.6) is 0 Å². The van der Waals surface area contributed by atoms with Crippen LogP contribution in [0.3, 0.4) is 0 Å². The third-order valence-corrected chi connectivity index (χ3v) is 5.42. The van der Waals surface area contributed by atoms with Gasteiger partial charge in [0, 0.05) is 17.9 Å². The number of hydrogen-bond donors (Lipinski definition) is 1. The van der Waals surface area contributed by atoms with Crippen molar-refractivity contribution >= 4 is 34.1 Å². The zero-order chi connectivity index (χ0) is 23.3. The van der Waals surface area contributed by atoms with Gasteiger partial charge in [0.2, 0.25) is 0 Å². The second-order valence-electron chi connectivity index (χ2n) is 6.15. The number of alkyl halides is 3. The molecule has 0 aliphatic carbocycles. The standard InChI is InChI=1S/C19H17F3N2O6S/c1-3-31(29)16-7-5-4-6-13(16)18(26)30-11(2)17(25)23-15-9-8-12(24(27)28)10-14(15)19(20,21)22/h4-11H,3H2,1-2H3,(H,23,25). The van der Waals surface area contributed by atoms with Crippen LogP contribution in [0.4, 0.5) is 24.5 Å². The monoisotopic (exact) mass is 458 g/mol. The Morgan fingerprint density at radius 1 is 1.23 bits per heavy atom. The van der Waals surface area contributed by atoms with Crippen LogP contribution in [0.15, 0.2) is 47.4 Å². The number of carbonyl (C=O) groups is 2. The maximum atomic E-state index is 13.2. The van der Waals surface area contributed by atoms with Crippen LogP contribution in [-0.4, -0.2) is 32.9 Å². The van der Waals surface area contributed by atoms with Crippen molar-refractivity contribution in [3.63, 3.8) is 0 Å². The highest BCUT2D eigenvalue weighted by Gasteiger charge is 2.36. The molecule has 0 radical (unpaired) electrons. The minimum absolute atomic E-state index is 0.0337. The van der Waals surface area contributed by atoms with Crippen molar-refractivity contribution in [2.24, 2.45) is 0 Å². The lowest BCUT2D eigenvalue weighted by molar-refractivity contribution is -0.385. The van der Waals surface area contributed by atoms with Gasteiger partial charge in [0.05, 0.1) is 37.4 Å². The molecule has 0 saturated carbocycles. The number of amides is 1. The van der Waals surface area contributed by atoms with E-state index in [9.17, 15) is 37.1 Å². The smallest absolute Gasteiger partial charge is 0.418 e. The van der Waals surface area contributed by atoms with E-state index >= 15 is 0 Å². The van der Waals surface area contributed by atoms with Crippen molar-refractivity contribution in [3.8, 4) is 0 Å². The molecule has 0 aromatic heterocycles. The molecule has 31 heavy (non-hydrogen) atoms. The van der Waals surface area contributed by atoms with Crippen LogP contribution in [-0.2, 0) is 26.5 Å². The van der Waals surface area contributed by atoms with Gasteiger partial charge in [-0.05, 0) is 25.1 Å². The fourth-order valence-electron chi connectivity index (χ4n) is 2.49. The summed E-state index contributed by atoms with van der Waals surface area (Å²) in [5, 5.41) is 12.7. The van der Waals surface area contributed by atoms with Gasteiger partial charge >= 0.3 is 12.1 Å². The summed E-state index contributed by atoms with van der Waals surface area (Å²) >= 11 is 0. The number of ether oxygens (including phenoxy) is 1.